The van der Waals surface area contributed by atoms with Crippen LogP contribution in [-0.2, 0) is 9.53 Å². The van der Waals surface area contributed by atoms with Gasteiger partial charge in [-0.2, -0.15) is 0 Å². The maximum Gasteiger partial charge on any atom is 0.341 e. The number of methoxy groups -OCH3 is 2. The molecule has 140 valence electrons. The Labute approximate surface area is 164 Å². The molecule has 0 spiro atoms. The average Bonchev–Trinajstić information content (AvgIpc) is 2.57. The highest BCUT2D eigenvalue weighted by Crippen LogP contribution is 2.28. The number of unbranched alkanes of at least 4 members (excludes halogenated alkanes) is 3. The smallest absolute Gasteiger partial charge is 0.341 e. The Bertz CT molecular complexity index is 574. The fourth-order valence-corrected chi connectivity index (χ4v) is 3.98. The van der Waals surface area contributed by atoms with Gasteiger partial charge in [0, 0.05) is 6.08 Å². The highest BCUT2D eigenvalue weighted by atomic mass is 35.8. The summed E-state index contributed by atoms with van der Waals surface area (Å²) in [7, 11) is 3.14. The van der Waals surface area contributed by atoms with Crippen molar-refractivity contribution in [3.63, 3.8) is 0 Å². The zero-order chi connectivity index (χ0) is 18.7. The standard InChI is InChI=1S/C17H23Cl3O4Si/c1-22-15-9-7-14(13-16(15)23-2)8-10-17(21)24-11-5-3-4-6-12-25(18,19)20/h7-10,13H,3-6,11-12H2,1-2H3/b10-8+. The number of carbonyl (C=O) groups is 1. The maximum atomic E-state index is 11.7. The van der Waals surface area contributed by atoms with Crippen molar-refractivity contribution in [3.05, 3.63) is 29.8 Å². The van der Waals surface area contributed by atoms with Crippen molar-refractivity contribution in [2.24, 2.45) is 0 Å². The Morgan fingerprint density at radius 3 is 2.36 bits per heavy atom. The molecular weight excluding hydrogens is 403 g/mol. The molecule has 1 rings (SSSR count). The lowest BCUT2D eigenvalue weighted by molar-refractivity contribution is -0.137. The van der Waals surface area contributed by atoms with E-state index in [0.717, 1.165) is 31.2 Å². The Kier molecular flexibility index (Phi) is 10.4. The molecule has 0 heterocycles. The topological polar surface area (TPSA) is 44.8 Å². The van der Waals surface area contributed by atoms with E-state index in [9.17, 15) is 4.79 Å². The van der Waals surface area contributed by atoms with Gasteiger partial charge in [0.1, 0.15) is 0 Å². The molecular formula is C17H23Cl3O4Si. The van der Waals surface area contributed by atoms with Gasteiger partial charge in [0.15, 0.2) is 11.5 Å². The van der Waals surface area contributed by atoms with E-state index in [1.807, 2.05) is 6.07 Å². The van der Waals surface area contributed by atoms with Gasteiger partial charge in [0.05, 0.1) is 20.8 Å². The SMILES string of the molecule is COc1ccc(/C=C/C(=O)OCCCCCC[Si](Cl)(Cl)Cl)cc1OC. The van der Waals surface area contributed by atoms with Crippen molar-refractivity contribution in [2.45, 2.75) is 31.7 Å². The minimum absolute atomic E-state index is 0.372. The van der Waals surface area contributed by atoms with Crippen molar-refractivity contribution in [1.82, 2.24) is 0 Å². The van der Waals surface area contributed by atoms with Crippen LogP contribution in [0.2, 0.25) is 6.04 Å². The van der Waals surface area contributed by atoms with E-state index in [1.165, 1.54) is 6.08 Å². The second-order valence-electron chi connectivity index (χ2n) is 5.39. The normalized spacial score (nSPS) is 11.6. The van der Waals surface area contributed by atoms with Gasteiger partial charge in [-0.3, -0.25) is 0 Å². The number of benzene rings is 1. The quantitative estimate of drug-likeness (QED) is 0.155. The summed E-state index contributed by atoms with van der Waals surface area (Å²) in [5, 5.41) is 0. The van der Waals surface area contributed by atoms with Crippen LogP contribution >= 0.6 is 33.2 Å². The first-order valence-corrected chi connectivity index (χ1v) is 13.2. The van der Waals surface area contributed by atoms with Crippen LogP contribution in [0.3, 0.4) is 0 Å². The third-order valence-corrected chi connectivity index (χ3v) is 6.04. The summed E-state index contributed by atoms with van der Waals surface area (Å²) >= 11 is 17.4. The van der Waals surface area contributed by atoms with Crippen LogP contribution in [0.25, 0.3) is 6.08 Å². The number of hydrogen-bond acceptors (Lipinski definition) is 4. The second-order valence-corrected chi connectivity index (χ2v) is 14.7. The number of ether oxygens (including phenoxy) is 3. The predicted molar refractivity (Wildman–Crippen MR) is 106 cm³/mol. The third-order valence-electron chi connectivity index (χ3n) is 3.42. The summed E-state index contributed by atoms with van der Waals surface area (Å²) in [6.45, 7) is 0.389. The van der Waals surface area contributed by atoms with Crippen LogP contribution in [0.4, 0.5) is 0 Å². The minimum atomic E-state index is -2.49. The zero-order valence-electron chi connectivity index (χ0n) is 14.4. The van der Waals surface area contributed by atoms with E-state index in [-0.39, 0.29) is 5.97 Å². The van der Waals surface area contributed by atoms with Crippen LogP contribution in [0, 0.1) is 0 Å². The molecule has 0 saturated carbocycles. The molecule has 0 N–H and O–H groups in total. The predicted octanol–water partition coefficient (Wildman–Crippen LogP) is 5.48. The van der Waals surface area contributed by atoms with E-state index in [4.69, 9.17) is 47.4 Å². The molecule has 25 heavy (non-hydrogen) atoms. The number of halogens is 3. The molecule has 8 heteroatoms. The fourth-order valence-electron chi connectivity index (χ4n) is 2.12. The summed E-state index contributed by atoms with van der Waals surface area (Å²) in [6.07, 6.45) is 6.70. The molecule has 1 aromatic carbocycles. The molecule has 0 atom stereocenters. The zero-order valence-corrected chi connectivity index (χ0v) is 17.7. The number of esters is 1. The largest absolute Gasteiger partial charge is 0.493 e. The van der Waals surface area contributed by atoms with Gasteiger partial charge in [0.2, 0.25) is 0 Å². The lowest BCUT2D eigenvalue weighted by atomic mass is 10.2. The van der Waals surface area contributed by atoms with Crippen LogP contribution in [0.5, 0.6) is 11.5 Å². The van der Waals surface area contributed by atoms with Crippen LogP contribution in [-0.4, -0.2) is 32.8 Å². The van der Waals surface area contributed by atoms with Gasteiger partial charge in [-0.25, -0.2) is 4.79 Å². The summed E-state index contributed by atoms with van der Waals surface area (Å²) in [6, 6.07) is 3.58. The van der Waals surface area contributed by atoms with Crippen molar-refractivity contribution >= 4 is 51.3 Å². The Balaban J connectivity index is 2.27. The van der Waals surface area contributed by atoms with Crippen molar-refractivity contribution < 1.29 is 19.0 Å². The van der Waals surface area contributed by atoms with Gasteiger partial charge in [-0.1, -0.05) is 25.3 Å². The van der Waals surface area contributed by atoms with Crippen molar-refractivity contribution in [1.29, 1.82) is 0 Å². The lowest BCUT2D eigenvalue weighted by Crippen LogP contribution is -2.07. The highest BCUT2D eigenvalue weighted by molar-refractivity contribution is 7.64. The maximum absolute atomic E-state index is 11.7. The Morgan fingerprint density at radius 1 is 1.04 bits per heavy atom. The number of rotatable bonds is 11. The van der Waals surface area contributed by atoms with E-state index < -0.39 is 6.00 Å². The van der Waals surface area contributed by atoms with E-state index >= 15 is 0 Å². The Morgan fingerprint density at radius 2 is 1.72 bits per heavy atom. The molecule has 0 amide bonds. The molecule has 0 radical (unpaired) electrons. The van der Waals surface area contributed by atoms with Gasteiger partial charge in [-0.15, -0.1) is 33.2 Å². The van der Waals surface area contributed by atoms with Crippen LogP contribution in [0.1, 0.15) is 31.2 Å². The molecule has 0 unspecified atom stereocenters. The molecule has 0 saturated heterocycles. The second kappa shape index (κ2) is 11.7. The highest BCUT2D eigenvalue weighted by Gasteiger charge is 2.23. The molecule has 4 nitrogen and oxygen atoms in total. The van der Waals surface area contributed by atoms with Gasteiger partial charge in [0.25, 0.3) is 0 Å². The first kappa shape index (κ1) is 22.2. The molecule has 0 fully saturated rings. The summed E-state index contributed by atoms with van der Waals surface area (Å²) in [5.41, 5.74) is 0.825. The molecule has 0 aromatic heterocycles. The van der Waals surface area contributed by atoms with Gasteiger partial charge < -0.3 is 14.2 Å². The first-order chi connectivity index (χ1) is 11.9. The molecule has 0 aliphatic rings. The minimum Gasteiger partial charge on any atom is -0.493 e. The van der Waals surface area contributed by atoms with Crippen molar-refractivity contribution in [3.8, 4) is 11.5 Å². The summed E-state index contributed by atoms with van der Waals surface area (Å²) < 4.78 is 15.5. The van der Waals surface area contributed by atoms with E-state index in [2.05, 4.69) is 0 Å². The number of carbonyl (C=O) groups excluding carboxylic acids is 1. The summed E-state index contributed by atoms with van der Waals surface area (Å²) in [5.74, 6) is 0.874. The van der Waals surface area contributed by atoms with Gasteiger partial charge >= 0.3 is 12.0 Å². The van der Waals surface area contributed by atoms with Crippen LogP contribution < -0.4 is 9.47 Å². The molecule has 0 bridgehead atoms. The molecule has 1 aromatic rings. The van der Waals surface area contributed by atoms with Crippen molar-refractivity contribution in [2.75, 3.05) is 20.8 Å². The average molecular weight is 426 g/mol. The van der Waals surface area contributed by atoms with Gasteiger partial charge in [-0.05, 0) is 36.2 Å². The lowest BCUT2D eigenvalue weighted by Gasteiger charge is -2.07. The number of hydrogen-bond donors (Lipinski definition) is 0. The van der Waals surface area contributed by atoms with E-state index in [1.54, 1.807) is 32.4 Å². The molecule has 0 aliphatic carbocycles. The monoisotopic (exact) mass is 424 g/mol. The van der Waals surface area contributed by atoms with E-state index in [0.29, 0.717) is 24.2 Å². The first-order valence-electron chi connectivity index (χ1n) is 7.99. The van der Waals surface area contributed by atoms with Crippen LogP contribution in [0.15, 0.2) is 24.3 Å². The molecule has 0 aliphatic heterocycles. The fraction of sp³-hybridized carbons (Fsp3) is 0.471. The third kappa shape index (κ3) is 9.99. The Hall–Kier alpha value is -0.883. The summed E-state index contributed by atoms with van der Waals surface area (Å²) in [4.78, 5) is 11.7.